The summed E-state index contributed by atoms with van der Waals surface area (Å²) in [6, 6.07) is 11.4. The summed E-state index contributed by atoms with van der Waals surface area (Å²) in [7, 11) is 0. The molecule has 3 rings (SSSR count). The lowest BCUT2D eigenvalue weighted by Gasteiger charge is -2.11. The number of hydrogen-bond acceptors (Lipinski definition) is 5. The average molecular weight is 368 g/mol. The number of para-hydroxylation sites is 1. The molecule has 1 aliphatic rings. The number of pyridine rings is 1. The molecule has 1 aliphatic heterocycles. The van der Waals surface area contributed by atoms with E-state index in [0.29, 0.717) is 28.1 Å². The van der Waals surface area contributed by atoms with E-state index in [9.17, 15) is 4.79 Å². The van der Waals surface area contributed by atoms with Gasteiger partial charge in [-0.25, -0.2) is 0 Å². The van der Waals surface area contributed by atoms with Crippen LogP contribution < -0.4 is 4.74 Å². The predicted octanol–water partition coefficient (Wildman–Crippen LogP) is 4.05. The summed E-state index contributed by atoms with van der Waals surface area (Å²) in [4.78, 5) is 18.7. The van der Waals surface area contributed by atoms with E-state index in [1.165, 1.54) is 16.7 Å². The number of aromatic nitrogens is 1. The van der Waals surface area contributed by atoms with Crippen LogP contribution in [-0.2, 0) is 11.4 Å². The number of benzene rings is 1. The highest BCUT2D eigenvalue weighted by molar-refractivity contribution is 8.26. The fraction of sp³-hybridized carbons (Fsp3) is 0.105. The van der Waals surface area contributed by atoms with Gasteiger partial charge >= 0.3 is 0 Å². The highest BCUT2D eigenvalue weighted by Crippen LogP contribution is 2.34. The van der Waals surface area contributed by atoms with Crippen molar-refractivity contribution in [3.05, 3.63) is 77.5 Å². The summed E-state index contributed by atoms with van der Waals surface area (Å²) >= 11 is 6.56. The summed E-state index contributed by atoms with van der Waals surface area (Å²) in [5.41, 5.74) is 1.82. The molecule has 2 aromatic rings. The van der Waals surface area contributed by atoms with Crippen LogP contribution >= 0.6 is 24.0 Å². The zero-order valence-electron chi connectivity index (χ0n) is 13.4. The molecule has 1 aromatic heterocycles. The van der Waals surface area contributed by atoms with Crippen LogP contribution in [0.5, 0.6) is 5.75 Å². The lowest BCUT2D eigenvalue weighted by Crippen LogP contribution is -2.27. The maximum absolute atomic E-state index is 12.5. The maximum Gasteiger partial charge on any atom is 0.266 e. The molecule has 25 heavy (non-hydrogen) atoms. The van der Waals surface area contributed by atoms with Crippen molar-refractivity contribution in [2.24, 2.45) is 0 Å². The summed E-state index contributed by atoms with van der Waals surface area (Å²) in [5, 5.41) is 0. The minimum absolute atomic E-state index is 0.100. The lowest BCUT2D eigenvalue weighted by atomic mass is 10.2. The van der Waals surface area contributed by atoms with Gasteiger partial charge in [-0.15, -0.1) is 6.58 Å². The Bertz CT molecular complexity index is 834. The molecule has 6 heteroatoms. The standard InChI is InChI=1S/C19H16N2O2S2/c1-2-10-21-18(22)17(25-19(21)24)11-15-7-3-4-8-16(15)23-13-14-6-5-9-20-12-14/h2-9,11-12H,1,10,13H2/b17-11-. The third kappa shape index (κ3) is 4.15. The quantitative estimate of drug-likeness (QED) is 0.437. The van der Waals surface area contributed by atoms with Crippen LogP contribution in [0, 0.1) is 0 Å². The van der Waals surface area contributed by atoms with Crippen molar-refractivity contribution >= 4 is 40.3 Å². The summed E-state index contributed by atoms with van der Waals surface area (Å²) in [6.45, 7) is 4.49. The van der Waals surface area contributed by atoms with Crippen molar-refractivity contribution < 1.29 is 9.53 Å². The van der Waals surface area contributed by atoms with Gasteiger partial charge in [0.2, 0.25) is 0 Å². The Morgan fingerprint density at radius 1 is 1.28 bits per heavy atom. The Labute approximate surface area is 156 Å². The van der Waals surface area contributed by atoms with Crippen LogP contribution in [0.1, 0.15) is 11.1 Å². The summed E-state index contributed by atoms with van der Waals surface area (Å²) < 4.78 is 6.45. The molecular weight excluding hydrogens is 352 g/mol. The number of thioether (sulfide) groups is 1. The zero-order valence-corrected chi connectivity index (χ0v) is 15.1. The predicted molar refractivity (Wildman–Crippen MR) is 105 cm³/mol. The Hall–Kier alpha value is -2.44. The van der Waals surface area contributed by atoms with Crippen molar-refractivity contribution in [3.63, 3.8) is 0 Å². The molecule has 1 aromatic carbocycles. The van der Waals surface area contributed by atoms with Gasteiger partial charge in [-0.2, -0.15) is 0 Å². The second-order valence-corrected chi connectivity index (χ2v) is 6.94. The first-order valence-electron chi connectivity index (χ1n) is 7.66. The largest absolute Gasteiger partial charge is 0.488 e. The number of carbonyl (C=O) groups excluding carboxylic acids is 1. The van der Waals surface area contributed by atoms with Gasteiger partial charge in [0.15, 0.2) is 0 Å². The summed E-state index contributed by atoms with van der Waals surface area (Å²) in [5.74, 6) is 0.609. The van der Waals surface area contributed by atoms with Gasteiger partial charge in [0.1, 0.15) is 16.7 Å². The van der Waals surface area contributed by atoms with Crippen LogP contribution in [0.3, 0.4) is 0 Å². The maximum atomic E-state index is 12.5. The third-order valence-corrected chi connectivity index (χ3v) is 4.89. The third-order valence-electron chi connectivity index (χ3n) is 3.51. The molecule has 126 valence electrons. The molecular formula is C19H16N2O2S2. The molecule has 0 bridgehead atoms. The first-order chi connectivity index (χ1) is 12.2. The SMILES string of the molecule is C=CCN1C(=O)/C(=C/c2ccccc2OCc2cccnc2)SC1=S. The normalized spacial score (nSPS) is 15.7. The molecule has 1 fully saturated rings. The summed E-state index contributed by atoms with van der Waals surface area (Å²) in [6.07, 6.45) is 6.98. The van der Waals surface area contributed by atoms with Gasteiger partial charge in [0, 0.05) is 30.1 Å². The van der Waals surface area contributed by atoms with Gasteiger partial charge in [-0.3, -0.25) is 14.7 Å². The molecule has 2 heterocycles. The second-order valence-electron chi connectivity index (χ2n) is 5.27. The van der Waals surface area contributed by atoms with E-state index in [-0.39, 0.29) is 5.91 Å². The molecule has 1 amide bonds. The number of thiocarbonyl (C=S) groups is 1. The zero-order chi connectivity index (χ0) is 17.6. The number of rotatable bonds is 6. The van der Waals surface area contributed by atoms with Gasteiger partial charge < -0.3 is 4.74 Å². The number of amides is 1. The van der Waals surface area contributed by atoms with Crippen molar-refractivity contribution in [1.29, 1.82) is 0 Å². The Morgan fingerprint density at radius 3 is 2.88 bits per heavy atom. The van der Waals surface area contributed by atoms with E-state index in [2.05, 4.69) is 11.6 Å². The number of nitrogens with zero attached hydrogens (tertiary/aromatic N) is 2. The van der Waals surface area contributed by atoms with E-state index in [1.54, 1.807) is 18.5 Å². The van der Waals surface area contributed by atoms with Crippen molar-refractivity contribution in [1.82, 2.24) is 9.88 Å². The minimum Gasteiger partial charge on any atom is -0.488 e. The fourth-order valence-electron chi connectivity index (χ4n) is 2.30. The Morgan fingerprint density at radius 2 is 2.12 bits per heavy atom. The Kier molecular flexibility index (Phi) is 5.63. The lowest BCUT2D eigenvalue weighted by molar-refractivity contribution is -0.121. The average Bonchev–Trinajstić information content (AvgIpc) is 2.90. The molecule has 0 N–H and O–H groups in total. The number of hydrogen-bond donors (Lipinski definition) is 0. The highest BCUT2D eigenvalue weighted by atomic mass is 32.2. The minimum atomic E-state index is -0.100. The van der Waals surface area contributed by atoms with Crippen molar-refractivity contribution in [2.75, 3.05) is 6.54 Å². The van der Waals surface area contributed by atoms with E-state index in [4.69, 9.17) is 17.0 Å². The molecule has 0 radical (unpaired) electrons. The van der Waals surface area contributed by atoms with Gasteiger partial charge in [0.05, 0.1) is 4.91 Å². The molecule has 0 atom stereocenters. The van der Waals surface area contributed by atoms with Crippen LogP contribution in [0.4, 0.5) is 0 Å². The van der Waals surface area contributed by atoms with Gasteiger partial charge in [0.25, 0.3) is 5.91 Å². The first-order valence-corrected chi connectivity index (χ1v) is 8.88. The van der Waals surface area contributed by atoms with E-state index in [0.717, 1.165) is 11.1 Å². The number of carbonyl (C=O) groups is 1. The van der Waals surface area contributed by atoms with E-state index >= 15 is 0 Å². The number of ether oxygens (including phenoxy) is 1. The van der Waals surface area contributed by atoms with E-state index < -0.39 is 0 Å². The van der Waals surface area contributed by atoms with Gasteiger partial charge in [-0.1, -0.05) is 54.3 Å². The topological polar surface area (TPSA) is 42.4 Å². The Balaban J connectivity index is 1.80. The van der Waals surface area contributed by atoms with Crippen LogP contribution in [-0.4, -0.2) is 26.7 Å². The van der Waals surface area contributed by atoms with Crippen molar-refractivity contribution in [2.45, 2.75) is 6.61 Å². The molecule has 4 nitrogen and oxygen atoms in total. The molecule has 0 spiro atoms. The van der Waals surface area contributed by atoms with Crippen molar-refractivity contribution in [3.8, 4) is 5.75 Å². The molecule has 0 saturated carbocycles. The molecule has 0 unspecified atom stereocenters. The monoisotopic (exact) mass is 368 g/mol. The fourth-order valence-corrected chi connectivity index (χ4v) is 3.57. The highest BCUT2D eigenvalue weighted by Gasteiger charge is 2.31. The van der Waals surface area contributed by atoms with E-state index in [1.807, 2.05) is 42.5 Å². The molecule has 0 aliphatic carbocycles. The van der Waals surface area contributed by atoms with Crippen LogP contribution in [0.2, 0.25) is 0 Å². The van der Waals surface area contributed by atoms with Crippen LogP contribution in [0.15, 0.2) is 66.4 Å². The first kappa shape index (κ1) is 17.4. The van der Waals surface area contributed by atoms with Crippen LogP contribution in [0.25, 0.3) is 6.08 Å². The second kappa shape index (κ2) is 8.09. The van der Waals surface area contributed by atoms with Gasteiger partial charge in [-0.05, 0) is 18.2 Å². The smallest absolute Gasteiger partial charge is 0.266 e. The molecule has 1 saturated heterocycles.